The molecule has 0 saturated carbocycles. The zero-order valence-electron chi connectivity index (χ0n) is 21.3. The Labute approximate surface area is 200 Å². The van der Waals surface area contributed by atoms with E-state index in [1.165, 1.54) is 12.1 Å². The number of allylic oxidation sites excluding steroid dienone is 4. The van der Waals surface area contributed by atoms with E-state index in [-0.39, 0.29) is 23.6 Å². The second-order valence-corrected chi connectivity index (χ2v) is 6.62. The minimum absolute atomic E-state index is 0.0880. The average Bonchev–Trinajstić information content (AvgIpc) is 3.31. The van der Waals surface area contributed by atoms with Crippen LogP contribution in [0.2, 0.25) is 0 Å². The minimum Gasteiger partial charge on any atom is -0.339 e. The number of alkyl halides is 1. The molecule has 1 heterocycles. The van der Waals surface area contributed by atoms with E-state index in [2.05, 4.69) is 23.6 Å². The summed E-state index contributed by atoms with van der Waals surface area (Å²) in [6.07, 6.45) is 3.12. The summed E-state index contributed by atoms with van der Waals surface area (Å²) in [4.78, 5) is 16.2. The van der Waals surface area contributed by atoms with E-state index in [1.807, 2.05) is 46.8 Å². The van der Waals surface area contributed by atoms with Crippen LogP contribution in [0.15, 0.2) is 65.2 Å². The maximum Gasteiger partial charge on any atom is 0.229 e. The maximum absolute atomic E-state index is 12.7. The number of rotatable bonds is 6. The summed E-state index contributed by atoms with van der Waals surface area (Å²) in [6.45, 7) is 11.0. The van der Waals surface area contributed by atoms with Gasteiger partial charge in [0, 0.05) is 17.1 Å². The molecule has 0 bridgehead atoms. The quantitative estimate of drug-likeness (QED) is 0.186. The predicted octanol–water partition coefficient (Wildman–Crippen LogP) is 7.26. The third-order valence-electron chi connectivity index (χ3n) is 3.29. The van der Waals surface area contributed by atoms with Gasteiger partial charge in [-0.25, -0.2) is 13.2 Å². The molecule has 0 N–H and O–H groups in total. The lowest BCUT2D eigenvalue weighted by molar-refractivity contribution is -0.104. The van der Waals surface area contributed by atoms with E-state index in [0.717, 1.165) is 24.1 Å². The van der Waals surface area contributed by atoms with Crippen molar-refractivity contribution < 1.29 is 26.9 Å². The van der Waals surface area contributed by atoms with Crippen LogP contribution in [0.3, 0.4) is 0 Å². The Morgan fingerprint density at radius 1 is 1.18 bits per heavy atom. The highest BCUT2D eigenvalue weighted by molar-refractivity contribution is 5.78. The molecule has 0 spiro atoms. The lowest BCUT2D eigenvalue weighted by Crippen LogP contribution is -1.99. The molecule has 1 atom stereocenters. The molecular formula is C25H37F4N3O2. The number of nitrogens with zero attached hydrogens (tertiary/aromatic N) is 3. The Bertz CT molecular complexity index is 830. The SMILES string of the molecule is C=C(F)/C=C(C=O)\C=C\F.CC.CC[C@@H](C)c1nc(-c2ccc(F)cc2)no1.CF.CN(C)C. The second-order valence-electron chi connectivity index (χ2n) is 6.62. The minimum atomic E-state index is -0.778. The van der Waals surface area contributed by atoms with Gasteiger partial charge in [0.15, 0.2) is 0 Å². The van der Waals surface area contributed by atoms with Crippen molar-refractivity contribution in [3.05, 3.63) is 72.4 Å². The molecule has 0 aliphatic carbocycles. The first-order valence-electron chi connectivity index (χ1n) is 10.5. The Kier molecular flexibility index (Phi) is 24.1. The first-order valence-corrected chi connectivity index (χ1v) is 10.5. The van der Waals surface area contributed by atoms with Gasteiger partial charge in [-0.1, -0.05) is 39.4 Å². The van der Waals surface area contributed by atoms with Crippen molar-refractivity contribution in [2.75, 3.05) is 28.3 Å². The van der Waals surface area contributed by atoms with Gasteiger partial charge in [0.2, 0.25) is 11.7 Å². The summed E-state index contributed by atoms with van der Waals surface area (Å²) < 4.78 is 50.6. The smallest absolute Gasteiger partial charge is 0.229 e. The number of aldehydes is 1. The number of aromatic nitrogens is 2. The van der Waals surface area contributed by atoms with Crippen molar-refractivity contribution in [3.63, 3.8) is 0 Å². The molecule has 0 aliphatic rings. The second kappa shape index (κ2) is 23.1. The van der Waals surface area contributed by atoms with Crippen molar-refractivity contribution in [1.82, 2.24) is 15.0 Å². The Hall–Kier alpha value is -3.07. The van der Waals surface area contributed by atoms with Crippen LogP contribution in [-0.4, -0.2) is 49.6 Å². The van der Waals surface area contributed by atoms with E-state index in [0.29, 0.717) is 25.2 Å². The van der Waals surface area contributed by atoms with Gasteiger partial charge >= 0.3 is 0 Å². The topological polar surface area (TPSA) is 59.2 Å². The van der Waals surface area contributed by atoms with Gasteiger partial charge in [-0.05, 0) is 64.0 Å². The third-order valence-corrected chi connectivity index (χ3v) is 3.29. The van der Waals surface area contributed by atoms with E-state index >= 15 is 0 Å². The number of benzene rings is 1. The predicted molar refractivity (Wildman–Crippen MR) is 131 cm³/mol. The summed E-state index contributed by atoms with van der Waals surface area (Å²) in [5.74, 6) is 0.341. The highest BCUT2D eigenvalue weighted by Gasteiger charge is 2.13. The molecule has 5 nitrogen and oxygen atoms in total. The molecule has 1 aromatic heterocycles. The van der Waals surface area contributed by atoms with Crippen LogP contribution in [0.25, 0.3) is 11.4 Å². The molecule has 0 saturated heterocycles. The first-order chi connectivity index (χ1) is 16.1. The third kappa shape index (κ3) is 18.5. The van der Waals surface area contributed by atoms with Crippen molar-refractivity contribution in [3.8, 4) is 11.4 Å². The van der Waals surface area contributed by atoms with Crippen LogP contribution in [0.5, 0.6) is 0 Å². The average molecular weight is 488 g/mol. The van der Waals surface area contributed by atoms with Crippen LogP contribution >= 0.6 is 0 Å². The van der Waals surface area contributed by atoms with Gasteiger partial charge in [-0.15, -0.1) is 0 Å². The molecule has 192 valence electrons. The fraction of sp³-hybridized carbons (Fsp3) is 0.400. The molecule has 9 heteroatoms. The Morgan fingerprint density at radius 2 is 1.68 bits per heavy atom. The van der Waals surface area contributed by atoms with Crippen LogP contribution in [0.4, 0.5) is 17.6 Å². The fourth-order valence-electron chi connectivity index (χ4n) is 1.70. The van der Waals surface area contributed by atoms with Gasteiger partial charge in [-0.3, -0.25) is 9.18 Å². The van der Waals surface area contributed by atoms with Gasteiger partial charge in [-0.2, -0.15) is 4.98 Å². The maximum atomic E-state index is 12.7. The molecule has 0 fully saturated rings. The Balaban J connectivity index is -0.000000459. The zero-order chi connectivity index (χ0) is 27.1. The van der Waals surface area contributed by atoms with Crippen LogP contribution in [0, 0.1) is 5.82 Å². The standard InChI is InChI=1S/C12H13FN2O.C7H6F2O.C3H9N.C2H6.CH3F/c1-3-8(2)12-14-11(15-16-12)9-4-6-10(13)7-5-9;1-6(9)4-7(5-10)2-3-8;1-4(2)3;2*1-2/h4-8H,3H2,1-2H3;2-5H,1H2;1-3H3;1-2H3;1H3/b;3-2+,7-4+;;;/t8-;;;;/m1..../s1. The van der Waals surface area contributed by atoms with Crippen molar-refractivity contribution in [2.45, 2.75) is 40.0 Å². The van der Waals surface area contributed by atoms with Gasteiger partial charge in [0.25, 0.3) is 0 Å². The Morgan fingerprint density at radius 3 is 2.06 bits per heavy atom. The molecule has 1 aromatic carbocycles. The molecule has 34 heavy (non-hydrogen) atoms. The van der Waals surface area contributed by atoms with Crippen LogP contribution < -0.4 is 0 Å². The summed E-state index contributed by atoms with van der Waals surface area (Å²) in [7, 11) is 6.50. The molecular weight excluding hydrogens is 450 g/mol. The monoisotopic (exact) mass is 487 g/mol. The summed E-state index contributed by atoms with van der Waals surface area (Å²) in [5, 5.41) is 3.88. The highest BCUT2D eigenvalue weighted by atomic mass is 19.1. The van der Waals surface area contributed by atoms with Gasteiger partial charge < -0.3 is 9.42 Å². The molecule has 2 rings (SSSR count). The number of halogens is 4. The largest absolute Gasteiger partial charge is 0.339 e. The molecule has 0 amide bonds. The zero-order valence-corrected chi connectivity index (χ0v) is 21.3. The van der Waals surface area contributed by atoms with Crippen molar-refractivity contribution in [2.24, 2.45) is 0 Å². The lowest BCUT2D eigenvalue weighted by atomic mass is 10.1. The van der Waals surface area contributed by atoms with E-state index in [9.17, 15) is 22.4 Å². The van der Waals surface area contributed by atoms with Crippen molar-refractivity contribution in [1.29, 1.82) is 0 Å². The number of hydrogen-bond donors (Lipinski definition) is 0. The molecule has 0 unspecified atom stereocenters. The first kappa shape index (κ1) is 35.5. The van der Waals surface area contributed by atoms with E-state index in [1.54, 1.807) is 12.1 Å². The lowest BCUT2D eigenvalue weighted by Gasteiger charge is -1.98. The molecule has 0 radical (unpaired) electrons. The normalized spacial score (nSPS) is 10.9. The van der Waals surface area contributed by atoms with Crippen LogP contribution in [0.1, 0.15) is 45.9 Å². The summed E-state index contributed by atoms with van der Waals surface area (Å²) in [5.41, 5.74) is 0.676. The molecule has 0 aliphatic heterocycles. The number of carbonyl (C=O) groups is 1. The van der Waals surface area contributed by atoms with Gasteiger partial charge in [0.05, 0.1) is 13.5 Å². The summed E-state index contributed by atoms with van der Waals surface area (Å²) >= 11 is 0. The van der Waals surface area contributed by atoms with Gasteiger partial charge in [0.1, 0.15) is 17.9 Å². The van der Waals surface area contributed by atoms with Crippen LogP contribution in [-0.2, 0) is 4.79 Å². The van der Waals surface area contributed by atoms with Crippen molar-refractivity contribution >= 4 is 6.29 Å². The fourth-order valence-corrected chi connectivity index (χ4v) is 1.70. The van der Waals surface area contributed by atoms with E-state index in [4.69, 9.17) is 4.52 Å². The number of hydrogen-bond acceptors (Lipinski definition) is 5. The number of carbonyl (C=O) groups excluding carboxylic acids is 1. The molecule has 2 aromatic rings. The van der Waals surface area contributed by atoms with E-state index < -0.39 is 5.83 Å². The highest BCUT2D eigenvalue weighted by Crippen LogP contribution is 2.21. The summed E-state index contributed by atoms with van der Waals surface area (Å²) in [6, 6.07) is 6.05.